The van der Waals surface area contributed by atoms with Crippen LogP contribution in [0.25, 0.3) is 0 Å². The molecule has 1 fully saturated rings. The quantitative estimate of drug-likeness (QED) is 0.717. The van der Waals surface area contributed by atoms with Gasteiger partial charge in [0.05, 0.1) is 0 Å². The van der Waals surface area contributed by atoms with E-state index in [1.807, 2.05) is 0 Å². The van der Waals surface area contributed by atoms with E-state index < -0.39 is 0 Å². The summed E-state index contributed by atoms with van der Waals surface area (Å²) in [5.74, 6) is 0. The molecule has 1 rings (SSSR count). The van der Waals surface area contributed by atoms with E-state index in [0.29, 0.717) is 6.04 Å². The molecular formula is C12H27N3. The Bertz CT molecular complexity index is 180. The van der Waals surface area contributed by atoms with Crippen LogP contribution < -0.4 is 11.1 Å². The SMILES string of the molecule is CN1CCCC(NCCC(C)(C)CN)C1. The van der Waals surface area contributed by atoms with Gasteiger partial charge in [0, 0.05) is 12.6 Å². The van der Waals surface area contributed by atoms with Crippen molar-refractivity contribution in [3.63, 3.8) is 0 Å². The van der Waals surface area contributed by atoms with E-state index >= 15 is 0 Å². The molecule has 1 unspecified atom stereocenters. The van der Waals surface area contributed by atoms with Crippen molar-refractivity contribution < 1.29 is 0 Å². The van der Waals surface area contributed by atoms with Gasteiger partial charge in [-0.25, -0.2) is 0 Å². The molecule has 3 nitrogen and oxygen atoms in total. The van der Waals surface area contributed by atoms with Crippen LogP contribution in [0.4, 0.5) is 0 Å². The molecule has 0 aliphatic carbocycles. The lowest BCUT2D eigenvalue weighted by atomic mass is 9.89. The maximum atomic E-state index is 5.71. The standard InChI is InChI=1S/C12H27N3/c1-12(2,10-13)6-7-14-11-5-4-8-15(3)9-11/h11,14H,4-10,13H2,1-3H3. The second-order valence-corrected chi connectivity index (χ2v) is 5.67. The Hall–Kier alpha value is -0.120. The third kappa shape index (κ3) is 4.96. The second kappa shape index (κ2) is 5.83. The minimum absolute atomic E-state index is 0.285. The molecule has 1 atom stereocenters. The number of likely N-dealkylation sites (N-methyl/N-ethyl adjacent to an activating group) is 1. The molecule has 0 aromatic heterocycles. The number of piperidine rings is 1. The van der Waals surface area contributed by atoms with Gasteiger partial charge in [0.15, 0.2) is 0 Å². The average molecular weight is 213 g/mol. The normalized spacial score (nSPS) is 24.4. The Kier molecular flexibility index (Phi) is 5.03. The zero-order chi connectivity index (χ0) is 11.3. The van der Waals surface area contributed by atoms with E-state index in [1.54, 1.807) is 0 Å². The molecule has 0 aromatic carbocycles. The van der Waals surface area contributed by atoms with Crippen molar-refractivity contribution in [2.45, 2.75) is 39.2 Å². The molecule has 1 heterocycles. The predicted molar refractivity (Wildman–Crippen MR) is 66.0 cm³/mol. The number of nitrogens with two attached hydrogens (primary N) is 1. The van der Waals surface area contributed by atoms with Crippen molar-refractivity contribution in [2.75, 3.05) is 33.2 Å². The molecule has 1 saturated heterocycles. The van der Waals surface area contributed by atoms with Crippen molar-refractivity contribution in [2.24, 2.45) is 11.1 Å². The molecule has 0 spiro atoms. The van der Waals surface area contributed by atoms with Gasteiger partial charge in [-0.15, -0.1) is 0 Å². The Balaban J connectivity index is 2.14. The number of hydrogen-bond donors (Lipinski definition) is 2. The molecular weight excluding hydrogens is 186 g/mol. The van der Waals surface area contributed by atoms with Crippen molar-refractivity contribution in [3.05, 3.63) is 0 Å². The van der Waals surface area contributed by atoms with Crippen LogP contribution in [-0.2, 0) is 0 Å². The van der Waals surface area contributed by atoms with Gasteiger partial charge in [0.1, 0.15) is 0 Å². The summed E-state index contributed by atoms with van der Waals surface area (Å²) < 4.78 is 0. The molecule has 3 heteroatoms. The Morgan fingerprint density at radius 3 is 2.80 bits per heavy atom. The first-order valence-corrected chi connectivity index (χ1v) is 6.15. The summed E-state index contributed by atoms with van der Waals surface area (Å²) in [6, 6.07) is 0.692. The molecule has 0 radical (unpaired) electrons. The van der Waals surface area contributed by atoms with Gasteiger partial charge >= 0.3 is 0 Å². The summed E-state index contributed by atoms with van der Waals surface area (Å²) in [7, 11) is 2.21. The van der Waals surface area contributed by atoms with Crippen LogP contribution in [0.1, 0.15) is 33.1 Å². The summed E-state index contributed by atoms with van der Waals surface area (Å²) in [5.41, 5.74) is 6.00. The van der Waals surface area contributed by atoms with E-state index in [9.17, 15) is 0 Å². The molecule has 0 amide bonds. The largest absolute Gasteiger partial charge is 0.330 e. The van der Waals surface area contributed by atoms with E-state index in [-0.39, 0.29) is 5.41 Å². The summed E-state index contributed by atoms with van der Waals surface area (Å²) in [4.78, 5) is 2.41. The van der Waals surface area contributed by atoms with Gasteiger partial charge in [-0.2, -0.15) is 0 Å². The van der Waals surface area contributed by atoms with Crippen LogP contribution in [-0.4, -0.2) is 44.2 Å². The average Bonchev–Trinajstić information content (AvgIpc) is 2.18. The summed E-state index contributed by atoms with van der Waals surface area (Å²) in [6.07, 6.45) is 3.82. The number of rotatable bonds is 5. The lowest BCUT2D eigenvalue weighted by molar-refractivity contribution is 0.220. The molecule has 15 heavy (non-hydrogen) atoms. The number of hydrogen-bond acceptors (Lipinski definition) is 3. The fraction of sp³-hybridized carbons (Fsp3) is 1.00. The van der Waals surface area contributed by atoms with Crippen molar-refractivity contribution in [1.82, 2.24) is 10.2 Å². The van der Waals surface area contributed by atoms with Crippen LogP contribution in [0.3, 0.4) is 0 Å². The smallest absolute Gasteiger partial charge is 0.0195 e. The number of nitrogens with one attached hydrogen (secondary N) is 1. The number of likely N-dealkylation sites (tertiary alicyclic amines) is 1. The first-order valence-electron chi connectivity index (χ1n) is 6.15. The van der Waals surface area contributed by atoms with E-state index in [4.69, 9.17) is 5.73 Å². The summed E-state index contributed by atoms with van der Waals surface area (Å²) in [5, 5.41) is 3.65. The highest BCUT2D eigenvalue weighted by atomic mass is 15.1. The molecule has 90 valence electrons. The molecule has 0 saturated carbocycles. The molecule has 1 aliphatic heterocycles. The highest BCUT2D eigenvalue weighted by Gasteiger charge is 2.18. The third-order valence-corrected chi connectivity index (χ3v) is 3.41. The van der Waals surface area contributed by atoms with Gasteiger partial charge < -0.3 is 16.0 Å². The maximum Gasteiger partial charge on any atom is 0.0195 e. The fourth-order valence-electron chi connectivity index (χ4n) is 2.05. The van der Waals surface area contributed by atoms with E-state index in [0.717, 1.165) is 13.1 Å². The number of nitrogens with zero attached hydrogens (tertiary/aromatic N) is 1. The van der Waals surface area contributed by atoms with Gasteiger partial charge in [-0.1, -0.05) is 13.8 Å². The van der Waals surface area contributed by atoms with Gasteiger partial charge in [-0.05, 0) is 51.4 Å². The zero-order valence-corrected chi connectivity index (χ0v) is 10.6. The van der Waals surface area contributed by atoms with Crippen LogP contribution in [0.5, 0.6) is 0 Å². The molecule has 3 N–H and O–H groups in total. The first-order chi connectivity index (χ1) is 7.03. The third-order valence-electron chi connectivity index (χ3n) is 3.41. The Labute approximate surface area is 94.4 Å². The van der Waals surface area contributed by atoms with Crippen LogP contribution in [0.15, 0.2) is 0 Å². The minimum Gasteiger partial charge on any atom is -0.330 e. The van der Waals surface area contributed by atoms with Crippen molar-refractivity contribution in [3.8, 4) is 0 Å². The van der Waals surface area contributed by atoms with Crippen LogP contribution >= 0.6 is 0 Å². The first kappa shape index (κ1) is 12.9. The lowest BCUT2D eigenvalue weighted by Crippen LogP contribution is -2.45. The zero-order valence-electron chi connectivity index (χ0n) is 10.6. The van der Waals surface area contributed by atoms with Gasteiger partial charge in [-0.3, -0.25) is 0 Å². The van der Waals surface area contributed by atoms with Crippen molar-refractivity contribution in [1.29, 1.82) is 0 Å². The summed E-state index contributed by atoms with van der Waals surface area (Å²) in [6.45, 7) is 8.81. The maximum absolute atomic E-state index is 5.71. The minimum atomic E-state index is 0.285. The molecule has 1 aliphatic rings. The summed E-state index contributed by atoms with van der Waals surface area (Å²) >= 11 is 0. The molecule has 0 bridgehead atoms. The van der Waals surface area contributed by atoms with Crippen molar-refractivity contribution >= 4 is 0 Å². The Morgan fingerprint density at radius 2 is 2.20 bits per heavy atom. The monoisotopic (exact) mass is 213 g/mol. The van der Waals surface area contributed by atoms with Gasteiger partial charge in [0.25, 0.3) is 0 Å². The highest BCUT2D eigenvalue weighted by Crippen LogP contribution is 2.17. The molecule has 0 aromatic rings. The predicted octanol–water partition coefficient (Wildman–Crippen LogP) is 1.05. The lowest BCUT2D eigenvalue weighted by Gasteiger charge is -2.31. The topological polar surface area (TPSA) is 41.3 Å². The van der Waals surface area contributed by atoms with E-state index in [1.165, 1.54) is 32.4 Å². The van der Waals surface area contributed by atoms with Gasteiger partial charge in [0.2, 0.25) is 0 Å². The van der Waals surface area contributed by atoms with Crippen LogP contribution in [0, 0.1) is 5.41 Å². The second-order valence-electron chi connectivity index (χ2n) is 5.67. The fourth-order valence-corrected chi connectivity index (χ4v) is 2.05. The highest BCUT2D eigenvalue weighted by molar-refractivity contribution is 4.78. The van der Waals surface area contributed by atoms with E-state index in [2.05, 4.69) is 31.1 Å². The van der Waals surface area contributed by atoms with Crippen LogP contribution in [0.2, 0.25) is 0 Å². The Morgan fingerprint density at radius 1 is 1.47 bits per heavy atom.